The molecule has 5 rings (SSSR count). The van der Waals surface area contributed by atoms with Gasteiger partial charge in [0.15, 0.2) is 11.5 Å². The molecule has 3 aliphatic heterocycles. The van der Waals surface area contributed by atoms with E-state index in [1.807, 2.05) is 0 Å². The number of carbonyl (C=O) groups is 2. The molecule has 2 aromatic rings. The lowest BCUT2D eigenvalue weighted by atomic mass is 10.0. The molecule has 36 heavy (non-hydrogen) atoms. The molecule has 192 valence electrons. The predicted octanol–water partition coefficient (Wildman–Crippen LogP) is 0.512. The van der Waals surface area contributed by atoms with E-state index in [-0.39, 0.29) is 31.5 Å². The van der Waals surface area contributed by atoms with Crippen molar-refractivity contribution < 1.29 is 38.4 Å². The van der Waals surface area contributed by atoms with E-state index in [4.69, 9.17) is 14.2 Å². The van der Waals surface area contributed by atoms with Crippen LogP contribution >= 0.6 is 0 Å². The van der Waals surface area contributed by atoms with Crippen molar-refractivity contribution in [3.05, 3.63) is 53.8 Å². The van der Waals surface area contributed by atoms with Gasteiger partial charge in [-0.05, 0) is 42.5 Å². The highest BCUT2D eigenvalue weighted by Gasteiger charge is 2.44. The maximum atomic E-state index is 13.2. The Balaban J connectivity index is 1.10. The number of rotatable bonds is 6. The maximum absolute atomic E-state index is 13.2. The first kappa shape index (κ1) is 24.3. The van der Waals surface area contributed by atoms with E-state index in [0.29, 0.717) is 43.2 Å². The van der Waals surface area contributed by atoms with Crippen LogP contribution in [0.1, 0.15) is 16.8 Å². The van der Waals surface area contributed by atoms with Crippen LogP contribution in [0.3, 0.4) is 0 Å². The second-order valence-electron chi connectivity index (χ2n) is 9.02. The van der Waals surface area contributed by atoms with E-state index in [2.05, 4.69) is 10.2 Å². The maximum Gasteiger partial charge on any atom is 0.251 e. The van der Waals surface area contributed by atoms with Gasteiger partial charge in [-0.2, -0.15) is 0 Å². The predicted molar refractivity (Wildman–Crippen MR) is 125 cm³/mol. The van der Waals surface area contributed by atoms with Gasteiger partial charge in [-0.25, -0.2) is 4.39 Å². The van der Waals surface area contributed by atoms with Gasteiger partial charge in [-0.1, -0.05) is 0 Å². The summed E-state index contributed by atoms with van der Waals surface area (Å²) in [6, 6.07) is 11.0. The zero-order valence-electron chi connectivity index (χ0n) is 19.5. The van der Waals surface area contributed by atoms with Crippen LogP contribution in [0, 0.1) is 5.82 Å². The topological polar surface area (TPSA) is 121 Å². The van der Waals surface area contributed by atoms with Crippen molar-refractivity contribution in [1.82, 2.24) is 10.2 Å². The van der Waals surface area contributed by atoms with Crippen molar-refractivity contribution in [2.24, 2.45) is 0 Å². The van der Waals surface area contributed by atoms with Gasteiger partial charge in [0.1, 0.15) is 24.1 Å². The average Bonchev–Trinajstić information content (AvgIpc) is 3.47. The van der Waals surface area contributed by atoms with E-state index >= 15 is 0 Å². The SMILES string of the molecule is O=C(NC[C@H]1O[C@@H](CC(=O)N2CCN(c3ccc(F)cc3)CC2)[C@H](O)[C@@H]1O)c1ccc2c(c1)OCO2. The molecule has 10 nitrogen and oxygen atoms in total. The van der Waals surface area contributed by atoms with Gasteiger partial charge in [-0.3, -0.25) is 9.59 Å². The first-order valence-electron chi connectivity index (χ1n) is 11.9. The first-order chi connectivity index (χ1) is 17.4. The molecule has 4 atom stereocenters. The summed E-state index contributed by atoms with van der Waals surface area (Å²) in [6.45, 7) is 2.23. The molecule has 0 bridgehead atoms. The molecule has 0 aliphatic carbocycles. The molecule has 2 fully saturated rings. The number of carbonyl (C=O) groups excluding carboxylic acids is 2. The lowest BCUT2D eigenvalue weighted by Crippen LogP contribution is -2.49. The fourth-order valence-electron chi connectivity index (χ4n) is 4.66. The molecule has 3 aliphatic rings. The van der Waals surface area contributed by atoms with E-state index in [1.165, 1.54) is 12.1 Å². The van der Waals surface area contributed by atoms with Gasteiger partial charge >= 0.3 is 0 Å². The number of nitrogens with zero attached hydrogens (tertiary/aromatic N) is 2. The number of amides is 2. The highest BCUT2D eigenvalue weighted by molar-refractivity contribution is 5.95. The van der Waals surface area contributed by atoms with Crippen LogP contribution in [0.2, 0.25) is 0 Å². The Morgan fingerprint density at radius 2 is 1.64 bits per heavy atom. The van der Waals surface area contributed by atoms with E-state index in [9.17, 15) is 24.2 Å². The second kappa shape index (κ2) is 10.3. The minimum absolute atomic E-state index is 0.0352. The lowest BCUT2D eigenvalue weighted by molar-refractivity contribution is -0.135. The number of piperazine rings is 1. The quantitative estimate of drug-likeness (QED) is 0.524. The first-order valence-corrected chi connectivity index (χ1v) is 11.9. The Labute approximate surface area is 207 Å². The minimum Gasteiger partial charge on any atom is -0.454 e. The number of aliphatic hydroxyl groups is 2. The molecular formula is C25H28FN3O7. The van der Waals surface area contributed by atoms with Gasteiger partial charge in [-0.15, -0.1) is 0 Å². The minimum atomic E-state index is -1.25. The Morgan fingerprint density at radius 1 is 0.944 bits per heavy atom. The summed E-state index contributed by atoms with van der Waals surface area (Å²) in [4.78, 5) is 29.1. The second-order valence-corrected chi connectivity index (χ2v) is 9.02. The molecule has 0 aromatic heterocycles. The number of nitrogens with one attached hydrogen (secondary N) is 1. The molecule has 0 spiro atoms. The van der Waals surface area contributed by atoms with E-state index in [0.717, 1.165) is 5.69 Å². The number of hydrogen-bond donors (Lipinski definition) is 3. The Morgan fingerprint density at radius 3 is 2.39 bits per heavy atom. The van der Waals surface area contributed by atoms with Crippen LogP contribution in [0.4, 0.5) is 10.1 Å². The highest BCUT2D eigenvalue weighted by atomic mass is 19.1. The summed E-state index contributed by atoms with van der Waals surface area (Å²) in [5.74, 6) is 0.170. The lowest BCUT2D eigenvalue weighted by Gasteiger charge is -2.36. The molecule has 3 heterocycles. The normalized spacial score (nSPS) is 25.2. The van der Waals surface area contributed by atoms with Crippen LogP contribution < -0.4 is 19.7 Å². The van der Waals surface area contributed by atoms with Gasteiger partial charge in [0, 0.05) is 44.0 Å². The smallest absolute Gasteiger partial charge is 0.251 e. The molecule has 11 heteroatoms. The monoisotopic (exact) mass is 501 g/mol. The Bertz CT molecular complexity index is 1110. The molecule has 3 N–H and O–H groups in total. The van der Waals surface area contributed by atoms with E-state index in [1.54, 1.807) is 35.2 Å². The largest absolute Gasteiger partial charge is 0.454 e. The third-order valence-electron chi connectivity index (χ3n) is 6.76. The van der Waals surface area contributed by atoms with Crippen LogP contribution in [-0.4, -0.2) is 90.9 Å². The third kappa shape index (κ3) is 5.08. The van der Waals surface area contributed by atoms with Crippen LogP contribution in [0.15, 0.2) is 42.5 Å². The summed E-state index contributed by atoms with van der Waals surface area (Å²) in [5, 5.41) is 23.6. The summed E-state index contributed by atoms with van der Waals surface area (Å²) in [7, 11) is 0. The molecule has 0 unspecified atom stereocenters. The summed E-state index contributed by atoms with van der Waals surface area (Å²) >= 11 is 0. The van der Waals surface area contributed by atoms with Gasteiger partial charge in [0.2, 0.25) is 12.7 Å². The van der Waals surface area contributed by atoms with Crippen molar-refractivity contribution in [3.63, 3.8) is 0 Å². The van der Waals surface area contributed by atoms with Crippen LogP contribution in [0.5, 0.6) is 11.5 Å². The zero-order chi connectivity index (χ0) is 25.2. The van der Waals surface area contributed by atoms with Crippen LogP contribution in [-0.2, 0) is 9.53 Å². The summed E-state index contributed by atoms with van der Waals surface area (Å²) in [5.41, 5.74) is 1.26. The molecule has 2 amide bonds. The number of halogens is 1. The van der Waals surface area contributed by atoms with Crippen molar-refractivity contribution >= 4 is 17.5 Å². The molecule has 2 saturated heterocycles. The molecule has 0 radical (unpaired) electrons. The van der Waals surface area contributed by atoms with Crippen molar-refractivity contribution in [2.75, 3.05) is 44.4 Å². The Hall–Kier alpha value is -3.41. The van der Waals surface area contributed by atoms with E-state index < -0.39 is 30.3 Å². The number of aliphatic hydroxyl groups excluding tert-OH is 2. The van der Waals surface area contributed by atoms with Gasteiger partial charge in [0.05, 0.1) is 12.5 Å². The Kier molecular flexibility index (Phi) is 6.95. The third-order valence-corrected chi connectivity index (χ3v) is 6.76. The van der Waals surface area contributed by atoms with Crippen molar-refractivity contribution in [2.45, 2.75) is 30.8 Å². The summed E-state index contributed by atoms with van der Waals surface area (Å²) in [6.07, 6.45) is -4.31. The number of anilines is 1. The number of benzene rings is 2. The molecular weight excluding hydrogens is 473 g/mol. The van der Waals surface area contributed by atoms with Crippen LogP contribution in [0.25, 0.3) is 0 Å². The average molecular weight is 502 g/mol. The number of hydrogen-bond acceptors (Lipinski definition) is 8. The standard InChI is InChI=1S/C25H28FN3O7/c26-16-2-4-17(5-3-16)28-7-9-29(10-8-28)22(30)12-20-23(31)24(32)21(36-20)13-27-25(33)15-1-6-18-19(11-15)35-14-34-18/h1-6,11,20-21,23-24,31-32H,7-10,12-14H2,(H,27,33)/t20-,21+,23-,24+/m0/s1. The molecule has 0 saturated carbocycles. The zero-order valence-corrected chi connectivity index (χ0v) is 19.5. The van der Waals surface area contributed by atoms with Gasteiger partial charge < -0.3 is 39.5 Å². The fraction of sp³-hybridized carbons (Fsp3) is 0.440. The fourth-order valence-corrected chi connectivity index (χ4v) is 4.66. The van der Waals surface area contributed by atoms with Crippen molar-refractivity contribution in [3.8, 4) is 11.5 Å². The summed E-state index contributed by atoms with van der Waals surface area (Å²) < 4.78 is 29.4. The van der Waals surface area contributed by atoms with Gasteiger partial charge in [0.25, 0.3) is 5.91 Å². The number of fused-ring (bicyclic) bond motifs is 1. The number of ether oxygens (including phenoxy) is 3. The molecule has 2 aromatic carbocycles. The highest BCUT2D eigenvalue weighted by Crippen LogP contribution is 2.32. The van der Waals surface area contributed by atoms with Crippen molar-refractivity contribution in [1.29, 1.82) is 0 Å².